The Bertz CT molecular complexity index is 1000. The van der Waals surface area contributed by atoms with Gasteiger partial charge in [0.2, 0.25) is 0 Å². The zero-order valence-electron chi connectivity index (χ0n) is 18.1. The number of anilines is 1. The fraction of sp³-hybridized carbons (Fsp3) is 0.348. The predicted octanol–water partition coefficient (Wildman–Crippen LogP) is 3.04. The van der Waals surface area contributed by atoms with Crippen LogP contribution in [0.15, 0.2) is 36.4 Å². The zero-order valence-corrected chi connectivity index (χ0v) is 18.1. The second-order valence-electron chi connectivity index (χ2n) is 7.26. The van der Waals surface area contributed by atoms with Gasteiger partial charge in [-0.3, -0.25) is 9.59 Å². The molecule has 2 aromatic rings. The Morgan fingerprint density at radius 3 is 2.45 bits per heavy atom. The van der Waals surface area contributed by atoms with Gasteiger partial charge in [0, 0.05) is 17.7 Å². The monoisotopic (exact) mass is 426 g/mol. The number of amides is 2. The van der Waals surface area contributed by atoms with Crippen molar-refractivity contribution < 1.29 is 28.6 Å². The van der Waals surface area contributed by atoms with E-state index in [1.54, 1.807) is 18.2 Å². The molecule has 0 aromatic heterocycles. The number of carbonyl (C=O) groups excluding carboxylic acids is 3. The Kier molecular flexibility index (Phi) is 6.79. The van der Waals surface area contributed by atoms with Crippen LogP contribution in [0.1, 0.15) is 39.1 Å². The molecule has 1 saturated heterocycles. The second-order valence-corrected chi connectivity index (χ2v) is 7.26. The van der Waals surface area contributed by atoms with Gasteiger partial charge in [-0.05, 0) is 44.0 Å². The number of carbonyl (C=O) groups is 3. The number of methoxy groups -OCH3 is 3. The summed E-state index contributed by atoms with van der Waals surface area (Å²) in [6.07, 6.45) is 1.25. The number of nitrogens with zero attached hydrogens (tertiary/aromatic N) is 1. The van der Waals surface area contributed by atoms with E-state index in [-0.39, 0.29) is 17.4 Å². The Balaban J connectivity index is 1.96. The van der Waals surface area contributed by atoms with Crippen LogP contribution in [0, 0.1) is 6.92 Å². The van der Waals surface area contributed by atoms with Gasteiger partial charge >= 0.3 is 5.97 Å². The number of ether oxygens (including phenoxy) is 3. The van der Waals surface area contributed by atoms with E-state index in [9.17, 15) is 14.4 Å². The lowest BCUT2D eigenvalue weighted by Gasteiger charge is -2.24. The lowest BCUT2D eigenvalue weighted by atomic mass is 10.1. The maximum absolute atomic E-state index is 13.2. The first kappa shape index (κ1) is 22.1. The Morgan fingerprint density at radius 2 is 1.81 bits per heavy atom. The van der Waals surface area contributed by atoms with E-state index in [0.29, 0.717) is 42.1 Å². The third kappa shape index (κ3) is 4.63. The highest BCUT2D eigenvalue weighted by atomic mass is 16.5. The molecule has 1 atom stereocenters. The van der Waals surface area contributed by atoms with E-state index in [1.807, 2.05) is 13.0 Å². The quantitative estimate of drug-likeness (QED) is 0.714. The first-order valence-electron chi connectivity index (χ1n) is 9.92. The molecule has 1 fully saturated rings. The average molecular weight is 426 g/mol. The molecule has 1 N–H and O–H groups in total. The molecule has 1 unspecified atom stereocenters. The number of rotatable bonds is 6. The van der Waals surface area contributed by atoms with Crippen LogP contribution in [0.3, 0.4) is 0 Å². The number of hydrogen-bond donors (Lipinski definition) is 1. The van der Waals surface area contributed by atoms with E-state index in [1.165, 1.54) is 38.4 Å². The van der Waals surface area contributed by atoms with Crippen molar-refractivity contribution in [3.05, 3.63) is 53.1 Å². The van der Waals surface area contributed by atoms with Crippen molar-refractivity contribution in [1.82, 2.24) is 4.90 Å². The van der Waals surface area contributed by atoms with Crippen molar-refractivity contribution in [3.8, 4) is 11.5 Å². The smallest absolute Gasteiger partial charge is 0.328 e. The number of hydrogen-bond acceptors (Lipinski definition) is 6. The highest BCUT2D eigenvalue weighted by Gasteiger charge is 2.36. The van der Waals surface area contributed by atoms with E-state index >= 15 is 0 Å². The highest BCUT2D eigenvalue weighted by Crippen LogP contribution is 2.38. The van der Waals surface area contributed by atoms with E-state index < -0.39 is 12.0 Å². The molecule has 164 valence electrons. The van der Waals surface area contributed by atoms with Crippen LogP contribution in [-0.4, -0.2) is 56.6 Å². The van der Waals surface area contributed by atoms with Gasteiger partial charge in [-0.1, -0.05) is 17.7 Å². The van der Waals surface area contributed by atoms with Crippen molar-refractivity contribution in [3.63, 3.8) is 0 Å². The van der Waals surface area contributed by atoms with Crippen molar-refractivity contribution in [2.75, 3.05) is 33.2 Å². The summed E-state index contributed by atoms with van der Waals surface area (Å²) in [4.78, 5) is 39.5. The molecule has 1 aliphatic heterocycles. The van der Waals surface area contributed by atoms with Crippen LogP contribution < -0.4 is 14.8 Å². The van der Waals surface area contributed by atoms with Crippen LogP contribution >= 0.6 is 0 Å². The van der Waals surface area contributed by atoms with Gasteiger partial charge in [-0.2, -0.15) is 0 Å². The number of aryl methyl sites for hydroxylation is 1. The molecule has 2 aromatic carbocycles. The molecular formula is C23H26N2O6. The third-order valence-electron chi connectivity index (χ3n) is 5.24. The van der Waals surface area contributed by atoms with Gasteiger partial charge in [-0.25, -0.2) is 4.79 Å². The molecule has 8 heteroatoms. The topological polar surface area (TPSA) is 94.2 Å². The number of likely N-dealkylation sites (tertiary alicyclic amines) is 1. The van der Waals surface area contributed by atoms with Gasteiger partial charge in [0.25, 0.3) is 11.8 Å². The zero-order chi connectivity index (χ0) is 22.5. The summed E-state index contributed by atoms with van der Waals surface area (Å²) in [5.41, 5.74) is 1.99. The second kappa shape index (κ2) is 9.51. The average Bonchev–Trinajstić information content (AvgIpc) is 3.27. The molecule has 0 bridgehead atoms. The summed E-state index contributed by atoms with van der Waals surface area (Å²) < 4.78 is 15.7. The Morgan fingerprint density at radius 1 is 1.03 bits per heavy atom. The molecule has 0 radical (unpaired) electrons. The summed E-state index contributed by atoms with van der Waals surface area (Å²) in [7, 11) is 4.21. The van der Waals surface area contributed by atoms with Crippen LogP contribution in [0.5, 0.6) is 11.5 Å². The van der Waals surface area contributed by atoms with Crippen molar-refractivity contribution >= 4 is 23.5 Å². The van der Waals surface area contributed by atoms with Gasteiger partial charge in [0.05, 0.1) is 27.0 Å². The molecule has 31 heavy (non-hydrogen) atoms. The minimum atomic E-state index is -0.629. The first-order chi connectivity index (χ1) is 14.9. The summed E-state index contributed by atoms with van der Waals surface area (Å²) in [6.45, 7) is 2.34. The number of esters is 1. The van der Waals surface area contributed by atoms with E-state index in [0.717, 1.165) is 5.56 Å². The minimum Gasteiger partial charge on any atom is -0.493 e. The molecule has 0 spiro atoms. The number of benzene rings is 2. The first-order valence-corrected chi connectivity index (χ1v) is 9.92. The SMILES string of the molecule is COC(=O)C1CCCN1C(=O)c1cc(NC(=O)c2cccc(C)c2)c(OC)c(OC)c1. The summed E-state index contributed by atoms with van der Waals surface area (Å²) >= 11 is 0. The van der Waals surface area contributed by atoms with Gasteiger partial charge in [0.1, 0.15) is 6.04 Å². The van der Waals surface area contributed by atoms with E-state index in [2.05, 4.69) is 5.32 Å². The van der Waals surface area contributed by atoms with E-state index in [4.69, 9.17) is 14.2 Å². The highest BCUT2D eigenvalue weighted by molar-refractivity contribution is 6.07. The lowest BCUT2D eigenvalue weighted by molar-refractivity contribution is -0.145. The minimum absolute atomic E-state index is 0.271. The molecule has 3 rings (SSSR count). The summed E-state index contributed by atoms with van der Waals surface area (Å²) in [5.74, 6) is -0.547. The van der Waals surface area contributed by atoms with Gasteiger partial charge in [-0.15, -0.1) is 0 Å². The van der Waals surface area contributed by atoms with Crippen LogP contribution in [0.2, 0.25) is 0 Å². The Labute approximate surface area is 181 Å². The standard InChI is InChI=1S/C23H26N2O6/c1-14-7-5-8-15(11-14)21(26)24-17-12-16(13-19(29-2)20(17)30-3)22(27)25-10-6-9-18(25)23(28)31-4/h5,7-8,11-13,18H,6,9-10H2,1-4H3,(H,24,26). The number of nitrogens with one attached hydrogen (secondary N) is 1. The van der Waals surface area contributed by atoms with Crippen LogP contribution in [0.4, 0.5) is 5.69 Å². The Hall–Kier alpha value is -3.55. The van der Waals surface area contributed by atoms with Crippen molar-refractivity contribution in [2.24, 2.45) is 0 Å². The van der Waals surface area contributed by atoms with Gasteiger partial charge < -0.3 is 24.4 Å². The summed E-state index contributed by atoms with van der Waals surface area (Å²) in [6, 6.07) is 9.59. The van der Waals surface area contributed by atoms with Crippen LogP contribution in [0.25, 0.3) is 0 Å². The molecular weight excluding hydrogens is 400 g/mol. The van der Waals surface area contributed by atoms with Crippen LogP contribution in [-0.2, 0) is 9.53 Å². The maximum atomic E-state index is 13.2. The van der Waals surface area contributed by atoms with Crippen molar-refractivity contribution in [1.29, 1.82) is 0 Å². The fourth-order valence-electron chi connectivity index (χ4n) is 3.72. The van der Waals surface area contributed by atoms with Crippen molar-refractivity contribution in [2.45, 2.75) is 25.8 Å². The third-order valence-corrected chi connectivity index (χ3v) is 5.24. The summed E-state index contributed by atoms with van der Waals surface area (Å²) in [5, 5.41) is 2.80. The molecule has 0 aliphatic carbocycles. The fourth-order valence-corrected chi connectivity index (χ4v) is 3.72. The molecule has 0 saturated carbocycles. The van der Waals surface area contributed by atoms with Gasteiger partial charge in [0.15, 0.2) is 11.5 Å². The molecule has 2 amide bonds. The normalized spacial score (nSPS) is 15.4. The molecule has 1 aliphatic rings. The largest absolute Gasteiger partial charge is 0.493 e. The lowest BCUT2D eigenvalue weighted by Crippen LogP contribution is -2.41. The maximum Gasteiger partial charge on any atom is 0.328 e. The molecule has 1 heterocycles. The predicted molar refractivity (Wildman–Crippen MR) is 115 cm³/mol. The molecule has 8 nitrogen and oxygen atoms in total.